The van der Waals surface area contributed by atoms with Crippen molar-refractivity contribution < 1.29 is 9.53 Å². The van der Waals surface area contributed by atoms with Crippen LogP contribution in [0.2, 0.25) is 5.15 Å². The molecule has 0 saturated carbocycles. The fraction of sp³-hybridized carbons (Fsp3) is 0.538. The molecule has 2 unspecified atom stereocenters. The lowest BCUT2D eigenvalue weighted by Crippen LogP contribution is -2.50. The van der Waals surface area contributed by atoms with Gasteiger partial charge in [-0.15, -0.1) is 0 Å². The van der Waals surface area contributed by atoms with Crippen LogP contribution in [0.25, 0.3) is 0 Å². The first-order valence-electron chi connectivity index (χ1n) is 6.04. The first-order valence-corrected chi connectivity index (χ1v) is 6.42. The van der Waals surface area contributed by atoms with E-state index >= 15 is 0 Å². The Balaban J connectivity index is 2.24. The molecule has 0 bridgehead atoms. The SMILES string of the molecule is Cc1cc(C(=O)N2CC(C)OCC2C)cc(Cl)n1. The van der Waals surface area contributed by atoms with Crippen molar-refractivity contribution in [3.63, 3.8) is 0 Å². The van der Waals surface area contributed by atoms with Gasteiger partial charge in [0.15, 0.2) is 0 Å². The number of pyridine rings is 1. The topological polar surface area (TPSA) is 42.4 Å². The molecule has 1 aromatic heterocycles. The van der Waals surface area contributed by atoms with Gasteiger partial charge in [-0.3, -0.25) is 4.79 Å². The van der Waals surface area contributed by atoms with Crippen LogP contribution in [0.5, 0.6) is 0 Å². The lowest BCUT2D eigenvalue weighted by atomic mass is 10.1. The summed E-state index contributed by atoms with van der Waals surface area (Å²) < 4.78 is 5.52. The van der Waals surface area contributed by atoms with Crippen molar-refractivity contribution in [3.8, 4) is 0 Å². The van der Waals surface area contributed by atoms with Gasteiger partial charge >= 0.3 is 0 Å². The standard InChI is InChI=1S/C13H17ClN2O2/c1-8-4-11(5-12(14)15-8)13(17)16-6-10(3)18-7-9(16)2/h4-5,9-10H,6-7H2,1-3H3. The fourth-order valence-electron chi connectivity index (χ4n) is 2.10. The summed E-state index contributed by atoms with van der Waals surface area (Å²) in [6.45, 7) is 6.97. The number of aromatic nitrogens is 1. The molecule has 1 fully saturated rings. The molecule has 4 nitrogen and oxygen atoms in total. The van der Waals surface area contributed by atoms with Crippen LogP contribution in [0.3, 0.4) is 0 Å². The van der Waals surface area contributed by atoms with Crippen LogP contribution in [0.4, 0.5) is 0 Å². The minimum atomic E-state index is -0.00921. The molecule has 1 aromatic rings. The highest BCUT2D eigenvalue weighted by atomic mass is 35.5. The van der Waals surface area contributed by atoms with Crippen LogP contribution in [0.1, 0.15) is 29.9 Å². The van der Waals surface area contributed by atoms with E-state index in [0.29, 0.717) is 23.9 Å². The van der Waals surface area contributed by atoms with E-state index in [2.05, 4.69) is 4.98 Å². The predicted molar refractivity (Wildman–Crippen MR) is 69.9 cm³/mol. The number of morpholine rings is 1. The highest BCUT2D eigenvalue weighted by Gasteiger charge is 2.28. The third kappa shape index (κ3) is 2.82. The maximum Gasteiger partial charge on any atom is 0.254 e. The van der Waals surface area contributed by atoms with Crippen molar-refractivity contribution in [1.82, 2.24) is 9.88 Å². The second-order valence-corrected chi connectivity index (χ2v) is 5.16. The van der Waals surface area contributed by atoms with Gasteiger partial charge in [0.2, 0.25) is 0 Å². The van der Waals surface area contributed by atoms with Crippen LogP contribution in [-0.2, 0) is 4.74 Å². The van der Waals surface area contributed by atoms with E-state index < -0.39 is 0 Å². The molecule has 98 valence electrons. The Kier molecular flexibility index (Phi) is 3.88. The molecular weight excluding hydrogens is 252 g/mol. The van der Waals surface area contributed by atoms with Crippen molar-refractivity contribution in [2.24, 2.45) is 0 Å². The Bertz CT molecular complexity index is 444. The summed E-state index contributed by atoms with van der Waals surface area (Å²) in [5.74, 6) is -0.00921. The minimum absolute atomic E-state index is 0.00921. The fourth-order valence-corrected chi connectivity index (χ4v) is 2.35. The maximum atomic E-state index is 12.4. The zero-order valence-electron chi connectivity index (χ0n) is 10.8. The average molecular weight is 269 g/mol. The number of hydrogen-bond acceptors (Lipinski definition) is 3. The molecule has 18 heavy (non-hydrogen) atoms. The highest BCUT2D eigenvalue weighted by molar-refractivity contribution is 6.29. The molecule has 0 N–H and O–H groups in total. The predicted octanol–water partition coefficient (Wildman–Crippen LogP) is 2.29. The molecule has 1 aliphatic heterocycles. The zero-order valence-corrected chi connectivity index (χ0v) is 11.6. The quantitative estimate of drug-likeness (QED) is 0.734. The van der Waals surface area contributed by atoms with Gasteiger partial charge in [-0.1, -0.05) is 11.6 Å². The second-order valence-electron chi connectivity index (χ2n) is 4.77. The Morgan fingerprint density at radius 3 is 2.89 bits per heavy atom. The summed E-state index contributed by atoms with van der Waals surface area (Å²) in [4.78, 5) is 18.3. The van der Waals surface area contributed by atoms with Gasteiger partial charge in [-0.2, -0.15) is 0 Å². The molecule has 0 aromatic carbocycles. The summed E-state index contributed by atoms with van der Waals surface area (Å²) >= 11 is 5.89. The molecule has 2 rings (SSSR count). The van der Waals surface area contributed by atoms with Gasteiger partial charge in [-0.25, -0.2) is 4.98 Å². The number of carbonyl (C=O) groups is 1. The molecule has 0 radical (unpaired) electrons. The molecule has 2 heterocycles. The Morgan fingerprint density at radius 2 is 2.22 bits per heavy atom. The maximum absolute atomic E-state index is 12.4. The Hall–Kier alpha value is -1.13. The van der Waals surface area contributed by atoms with Crippen LogP contribution in [-0.4, -0.2) is 41.1 Å². The van der Waals surface area contributed by atoms with Gasteiger partial charge in [0, 0.05) is 17.8 Å². The molecular formula is C13H17ClN2O2. The highest BCUT2D eigenvalue weighted by Crippen LogP contribution is 2.17. The molecule has 1 aliphatic rings. The monoisotopic (exact) mass is 268 g/mol. The van der Waals surface area contributed by atoms with Crippen molar-refractivity contribution in [1.29, 1.82) is 0 Å². The number of carbonyl (C=O) groups excluding carboxylic acids is 1. The summed E-state index contributed by atoms with van der Waals surface area (Å²) in [5, 5.41) is 0.354. The van der Waals surface area contributed by atoms with Gasteiger partial charge < -0.3 is 9.64 Å². The van der Waals surface area contributed by atoms with Gasteiger partial charge in [0.1, 0.15) is 5.15 Å². The van der Waals surface area contributed by atoms with E-state index in [-0.39, 0.29) is 18.1 Å². The van der Waals surface area contributed by atoms with E-state index in [0.717, 1.165) is 5.69 Å². The van der Waals surface area contributed by atoms with Crippen molar-refractivity contribution >= 4 is 17.5 Å². The van der Waals surface area contributed by atoms with E-state index in [4.69, 9.17) is 16.3 Å². The number of ether oxygens (including phenoxy) is 1. The molecule has 1 saturated heterocycles. The zero-order chi connectivity index (χ0) is 13.3. The number of halogens is 1. The largest absolute Gasteiger partial charge is 0.375 e. The molecule has 0 spiro atoms. The van der Waals surface area contributed by atoms with Crippen LogP contribution in [0.15, 0.2) is 12.1 Å². The molecule has 0 aliphatic carbocycles. The summed E-state index contributed by atoms with van der Waals surface area (Å²) in [6, 6.07) is 3.46. The number of amides is 1. The lowest BCUT2D eigenvalue weighted by Gasteiger charge is -2.36. The first kappa shape index (κ1) is 13.3. The smallest absolute Gasteiger partial charge is 0.254 e. The van der Waals surface area contributed by atoms with Crippen molar-refractivity contribution in [3.05, 3.63) is 28.5 Å². The van der Waals surface area contributed by atoms with Crippen LogP contribution >= 0.6 is 11.6 Å². The van der Waals surface area contributed by atoms with Crippen LogP contribution < -0.4 is 0 Å². The number of nitrogens with zero attached hydrogens (tertiary/aromatic N) is 2. The first-order chi connectivity index (χ1) is 8.47. The summed E-state index contributed by atoms with van der Waals surface area (Å²) in [6.07, 6.45) is 0.0727. The van der Waals surface area contributed by atoms with E-state index in [1.807, 2.05) is 25.7 Å². The summed E-state index contributed by atoms with van der Waals surface area (Å²) in [5.41, 5.74) is 1.34. The van der Waals surface area contributed by atoms with E-state index in [1.165, 1.54) is 0 Å². The lowest BCUT2D eigenvalue weighted by molar-refractivity contribution is -0.0387. The van der Waals surface area contributed by atoms with E-state index in [9.17, 15) is 4.79 Å². The summed E-state index contributed by atoms with van der Waals surface area (Å²) in [7, 11) is 0. The van der Waals surface area contributed by atoms with Gasteiger partial charge in [-0.05, 0) is 32.9 Å². The van der Waals surface area contributed by atoms with Crippen molar-refractivity contribution in [2.45, 2.75) is 32.9 Å². The van der Waals surface area contributed by atoms with E-state index in [1.54, 1.807) is 12.1 Å². The van der Waals surface area contributed by atoms with Crippen molar-refractivity contribution in [2.75, 3.05) is 13.2 Å². The minimum Gasteiger partial charge on any atom is -0.375 e. The average Bonchev–Trinajstić information content (AvgIpc) is 2.30. The Morgan fingerprint density at radius 1 is 1.50 bits per heavy atom. The number of rotatable bonds is 1. The third-order valence-corrected chi connectivity index (χ3v) is 3.23. The molecule has 1 amide bonds. The molecule has 5 heteroatoms. The van der Waals surface area contributed by atoms with Crippen LogP contribution in [0, 0.1) is 6.92 Å². The number of hydrogen-bond donors (Lipinski definition) is 0. The van der Waals surface area contributed by atoms with Gasteiger partial charge in [0.05, 0.1) is 18.8 Å². The van der Waals surface area contributed by atoms with Gasteiger partial charge in [0.25, 0.3) is 5.91 Å². The second kappa shape index (κ2) is 5.24. The normalized spacial score (nSPS) is 24.1. The third-order valence-electron chi connectivity index (χ3n) is 3.04. The molecule has 2 atom stereocenters. The Labute approximate surface area is 112 Å². The number of aryl methyl sites for hydroxylation is 1.